The van der Waals surface area contributed by atoms with Crippen molar-refractivity contribution in [2.24, 2.45) is 0 Å². The molecule has 0 saturated carbocycles. The quantitative estimate of drug-likeness (QED) is 0.741. The number of nitrogens with zero attached hydrogens (tertiary/aromatic N) is 2. The summed E-state index contributed by atoms with van der Waals surface area (Å²) >= 11 is 1.52. The van der Waals surface area contributed by atoms with Gasteiger partial charge in [0.2, 0.25) is 5.91 Å². The fraction of sp³-hybridized carbons (Fsp3) is 0.417. The normalized spacial score (nSPS) is 18.5. The average Bonchev–Trinajstić information content (AvgIpc) is 3.30. The molecule has 1 aliphatic carbocycles. The number of allylic oxidation sites excluding steroid dienone is 2. The molecule has 0 unspecified atom stereocenters. The van der Waals surface area contributed by atoms with Crippen molar-refractivity contribution < 1.29 is 13.9 Å². The Labute approximate surface area is 186 Å². The van der Waals surface area contributed by atoms with Crippen molar-refractivity contribution in [2.45, 2.75) is 32.6 Å². The van der Waals surface area contributed by atoms with Gasteiger partial charge in [0, 0.05) is 28.9 Å². The van der Waals surface area contributed by atoms with Gasteiger partial charge in [0.1, 0.15) is 22.6 Å². The van der Waals surface area contributed by atoms with Crippen molar-refractivity contribution in [3.8, 4) is 6.07 Å². The molecule has 0 aromatic carbocycles. The topological polar surface area (TPSA) is 78.5 Å². The molecule has 1 aliphatic heterocycles. The van der Waals surface area contributed by atoms with E-state index >= 15 is 0 Å². The van der Waals surface area contributed by atoms with Crippen LogP contribution in [0.1, 0.15) is 47.8 Å². The van der Waals surface area contributed by atoms with Gasteiger partial charge in [-0.05, 0) is 43.2 Å². The standard InChI is InChI=1S/C24H27N3O3S/c1-16-4-6-18(30-16)7-5-17-12-19-20(14-25)23(31-22(19)24(2,3)13-17)26-21(28)15-27-8-10-29-11-9-27/h4-7,12H,8-11,13,15H2,1-3H3,(H,26,28). The van der Waals surface area contributed by atoms with Crippen LogP contribution in [-0.2, 0) is 14.9 Å². The number of carbonyl (C=O) groups excluding carboxylic acids is 1. The maximum Gasteiger partial charge on any atom is 0.239 e. The highest BCUT2D eigenvalue weighted by molar-refractivity contribution is 7.17. The Morgan fingerprint density at radius 2 is 2.10 bits per heavy atom. The third kappa shape index (κ3) is 4.82. The summed E-state index contributed by atoms with van der Waals surface area (Å²) in [5, 5.41) is 13.5. The molecule has 6 nitrogen and oxygen atoms in total. The van der Waals surface area contributed by atoms with E-state index in [1.54, 1.807) is 0 Å². The highest BCUT2D eigenvalue weighted by Gasteiger charge is 2.33. The number of nitriles is 1. The molecule has 0 atom stereocenters. The third-order valence-corrected chi connectivity index (χ3v) is 7.08. The first-order chi connectivity index (χ1) is 14.9. The zero-order valence-electron chi connectivity index (χ0n) is 18.2. The molecule has 4 rings (SSSR count). The van der Waals surface area contributed by atoms with Crippen LogP contribution in [0.5, 0.6) is 0 Å². The Bertz CT molecular complexity index is 1080. The summed E-state index contributed by atoms with van der Waals surface area (Å²) < 4.78 is 11.0. The average molecular weight is 438 g/mol. The van der Waals surface area contributed by atoms with Crippen LogP contribution >= 0.6 is 11.3 Å². The van der Waals surface area contributed by atoms with Crippen molar-refractivity contribution in [1.29, 1.82) is 5.26 Å². The first kappa shape index (κ1) is 21.6. The molecule has 0 radical (unpaired) electrons. The lowest BCUT2D eigenvalue weighted by Gasteiger charge is -2.29. The third-order valence-electron chi connectivity index (χ3n) is 5.59. The van der Waals surface area contributed by atoms with Gasteiger partial charge >= 0.3 is 0 Å². The minimum absolute atomic E-state index is 0.0907. The summed E-state index contributed by atoms with van der Waals surface area (Å²) in [4.78, 5) is 15.8. The second-order valence-corrected chi connectivity index (χ2v) is 9.68. The van der Waals surface area contributed by atoms with Crippen molar-refractivity contribution >= 4 is 34.4 Å². The number of amides is 1. The highest BCUT2D eigenvalue weighted by atomic mass is 32.1. The van der Waals surface area contributed by atoms with Gasteiger partial charge in [0.15, 0.2) is 0 Å². The van der Waals surface area contributed by atoms with Crippen LogP contribution in [0, 0.1) is 18.3 Å². The number of hydrogen-bond acceptors (Lipinski definition) is 6. The predicted molar refractivity (Wildman–Crippen MR) is 123 cm³/mol. The van der Waals surface area contributed by atoms with E-state index < -0.39 is 0 Å². The first-order valence-electron chi connectivity index (χ1n) is 10.5. The maximum atomic E-state index is 12.6. The van der Waals surface area contributed by atoms with E-state index in [0.29, 0.717) is 30.3 Å². The lowest BCUT2D eigenvalue weighted by atomic mass is 9.77. The van der Waals surface area contributed by atoms with E-state index in [-0.39, 0.29) is 11.3 Å². The summed E-state index contributed by atoms with van der Waals surface area (Å²) in [5.74, 6) is 1.60. The number of fused-ring (bicyclic) bond motifs is 1. The van der Waals surface area contributed by atoms with Crippen LogP contribution in [-0.4, -0.2) is 43.7 Å². The Morgan fingerprint density at radius 3 is 2.77 bits per heavy atom. The second kappa shape index (κ2) is 8.83. The zero-order chi connectivity index (χ0) is 22.0. The molecule has 1 amide bonds. The van der Waals surface area contributed by atoms with Gasteiger partial charge in [-0.2, -0.15) is 5.26 Å². The molecule has 31 heavy (non-hydrogen) atoms. The lowest BCUT2D eigenvalue weighted by molar-refractivity contribution is -0.118. The number of thiophene rings is 1. The van der Waals surface area contributed by atoms with Crippen LogP contribution in [0.15, 0.2) is 28.2 Å². The molecule has 162 valence electrons. The van der Waals surface area contributed by atoms with Gasteiger partial charge in [0.05, 0.1) is 25.3 Å². The molecule has 7 heteroatoms. The first-order valence-corrected chi connectivity index (χ1v) is 11.3. The van der Waals surface area contributed by atoms with Crippen LogP contribution in [0.2, 0.25) is 0 Å². The van der Waals surface area contributed by atoms with Crippen LogP contribution in [0.4, 0.5) is 5.00 Å². The zero-order valence-corrected chi connectivity index (χ0v) is 19.0. The van der Waals surface area contributed by atoms with Crippen molar-refractivity contribution in [3.05, 3.63) is 51.3 Å². The maximum absolute atomic E-state index is 12.6. The number of furan rings is 1. The predicted octanol–water partition coefficient (Wildman–Crippen LogP) is 4.57. The van der Waals surface area contributed by atoms with Crippen molar-refractivity contribution in [2.75, 3.05) is 38.2 Å². The lowest BCUT2D eigenvalue weighted by Crippen LogP contribution is -2.41. The van der Waals surface area contributed by atoms with E-state index in [2.05, 4.69) is 42.3 Å². The fourth-order valence-electron chi connectivity index (χ4n) is 4.08. The summed E-state index contributed by atoms with van der Waals surface area (Å²) in [7, 11) is 0. The monoisotopic (exact) mass is 437 g/mol. The second-order valence-electron chi connectivity index (χ2n) is 8.66. The number of aryl methyl sites for hydroxylation is 1. The number of anilines is 1. The Balaban J connectivity index is 1.58. The SMILES string of the molecule is Cc1ccc(C=CC2=Cc3c(sc(NC(=O)CN4CCOCC4)c3C#N)C(C)(C)C2)o1. The summed E-state index contributed by atoms with van der Waals surface area (Å²) in [6.07, 6.45) is 6.93. The number of ether oxygens (including phenoxy) is 1. The van der Waals surface area contributed by atoms with Crippen molar-refractivity contribution in [1.82, 2.24) is 4.90 Å². The minimum Gasteiger partial charge on any atom is -0.462 e. The molecular weight excluding hydrogens is 410 g/mol. The van der Waals surface area contributed by atoms with Crippen LogP contribution in [0.3, 0.4) is 0 Å². The van der Waals surface area contributed by atoms with E-state index in [0.717, 1.165) is 47.0 Å². The molecule has 2 aromatic heterocycles. The Hall–Kier alpha value is -2.66. The molecular formula is C24H27N3O3S. The molecule has 0 spiro atoms. The molecule has 1 saturated heterocycles. The van der Waals surface area contributed by atoms with E-state index in [1.807, 2.05) is 25.1 Å². The van der Waals surface area contributed by atoms with E-state index in [9.17, 15) is 10.1 Å². The smallest absolute Gasteiger partial charge is 0.239 e. The van der Waals surface area contributed by atoms with Gasteiger partial charge < -0.3 is 14.5 Å². The van der Waals surface area contributed by atoms with Gasteiger partial charge in [-0.25, -0.2) is 0 Å². The number of nitrogens with one attached hydrogen (secondary N) is 1. The molecule has 0 bridgehead atoms. The minimum atomic E-state index is -0.133. The summed E-state index contributed by atoms with van der Waals surface area (Å²) in [6, 6.07) is 6.21. The highest BCUT2D eigenvalue weighted by Crippen LogP contribution is 2.47. The number of rotatable bonds is 5. The number of hydrogen-bond donors (Lipinski definition) is 1. The Kier molecular flexibility index (Phi) is 6.15. The molecule has 2 aromatic rings. The van der Waals surface area contributed by atoms with Crippen molar-refractivity contribution in [3.63, 3.8) is 0 Å². The van der Waals surface area contributed by atoms with Crippen LogP contribution in [0.25, 0.3) is 12.2 Å². The molecule has 1 N–H and O–H groups in total. The number of carbonyl (C=O) groups is 1. The molecule has 1 fully saturated rings. The molecule has 3 heterocycles. The van der Waals surface area contributed by atoms with Gasteiger partial charge in [0.25, 0.3) is 0 Å². The van der Waals surface area contributed by atoms with Gasteiger partial charge in [-0.3, -0.25) is 9.69 Å². The van der Waals surface area contributed by atoms with Gasteiger partial charge in [-0.1, -0.05) is 19.9 Å². The summed E-state index contributed by atoms with van der Waals surface area (Å²) in [5.41, 5.74) is 2.46. The Morgan fingerprint density at radius 1 is 1.32 bits per heavy atom. The number of morpholine rings is 1. The van der Waals surface area contributed by atoms with Crippen LogP contribution < -0.4 is 5.32 Å². The van der Waals surface area contributed by atoms with E-state index in [1.165, 1.54) is 11.3 Å². The van der Waals surface area contributed by atoms with E-state index in [4.69, 9.17) is 9.15 Å². The summed E-state index contributed by atoms with van der Waals surface area (Å²) in [6.45, 7) is 9.40. The fourth-order valence-corrected chi connectivity index (χ4v) is 5.32. The molecule has 2 aliphatic rings. The largest absolute Gasteiger partial charge is 0.462 e. The van der Waals surface area contributed by atoms with Gasteiger partial charge in [-0.15, -0.1) is 11.3 Å².